The molecule has 0 aromatic carbocycles. The van der Waals surface area contributed by atoms with Crippen molar-refractivity contribution in [1.82, 2.24) is 4.90 Å². The smallest absolute Gasteiger partial charge is 0.222 e. The number of nitrogens with zero attached hydrogens (tertiary/aromatic N) is 1. The number of hydrogen-bond acceptors (Lipinski definition) is 3. The van der Waals surface area contributed by atoms with Gasteiger partial charge in [0.25, 0.3) is 0 Å². The average molecular weight is 308 g/mol. The molecule has 1 fully saturated rings. The highest BCUT2D eigenvalue weighted by atomic mass is 32.1. The molecular formula is C17H28N2OS. The number of likely N-dealkylation sites (tertiary alicyclic amines) is 1. The lowest BCUT2D eigenvalue weighted by molar-refractivity contribution is -0.133. The standard InChI is InChI=1S/C17H28N2OS/c1-14(18)15-7-5-11-19(13-15)17(20)10-4-2-3-8-16-9-6-12-21-16/h6,9,12,14-15H,2-5,7-8,10-11,13,18H2,1H3. The minimum absolute atomic E-state index is 0.200. The first-order chi connectivity index (χ1) is 10.2. The summed E-state index contributed by atoms with van der Waals surface area (Å²) in [5.41, 5.74) is 5.98. The molecule has 1 aliphatic heterocycles. The van der Waals surface area contributed by atoms with Crippen LogP contribution in [0.5, 0.6) is 0 Å². The zero-order chi connectivity index (χ0) is 15.1. The number of amides is 1. The van der Waals surface area contributed by atoms with Gasteiger partial charge in [-0.1, -0.05) is 12.5 Å². The summed E-state index contributed by atoms with van der Waals surface area (Å²) in [4.78, 5) is 15.7. The number of nitrogens with two attached hydrogens (primary N) is 1. The molecule has 1 aromatic rings. The molecule has 0 bridgehead atoms. The maximum Gasteiger partial charge on any atom is 0.222 e. The molecule has 0 spiro atoms. The SMILES string of the molecule is CC(N)C1CCCN(C(=O)CCCCCc2cccs2)C1. The van der Waals surface area contributed by atoms with Gasteiger partial charge in [0, 0.05) is 30.4 Å². The Kier molecular flexibility index (Phi) is 6.71. The third kappa shape index (κ3) is 5.44. The Morgan fingerprint density at radius 3 is 3.05 bits per heavy atom. The highest BCUT2D eigenvalue weighted by Crippen LogP contribution is 2.20. The summed E-state index contributed by atoms with van der Waals surface area (Å²) in [6.07, 6.45) is 7.49. The van der Waals surface area contributed by atoms with Gasteiger partial charge in [-0.3, -0.25) is 4.79 Å². The van der Waals surface area contributed by atoms with E-state index in [1.165, 1.54) is 17.7 Å². The lowest BCUT2D eigenvalue weighted by Crippen LogP contribution is -2.44. The zero-order valence-electron chi connectivity index (χ0n) is 13.1. The summed E-state index contributed by atoms with van der Waals surface area (Å²) in [5.74, 6) is 0.818. The van der Waals surface area contributed by atoms with E-state index >= 15 is 0 Å². The highest BCUT2D eigenvalue weighted by Gasteiger charge is 2.25. The first-order valence-corrected chi connectivity index (χ1v) is 9.10. The van der Waals surface area contributed by atoms with Gasteiger partial charge >= 0.3 is 0 Å². The highest BCUT2D eigenvalue weighted by molar-refractivity contribution is 7.09. The quantitative estimate of drug-likeness (QED) is 0.784. The van der Waals surface area contributed by atoms with Gasteiger partial charge < -0.3 is 10.6 Å². The van der Waals surface area contributed by atoms with Crippen LogP contribution in [0.4, 0.5) is 0 Å². The normalized spacial score (nSPS) is 20.5. The van der Waals surface area contributed by atoms with Crippen molar-refractivity contribution in [2.75, 3.05) is 13.1 Å². The van der Waals surface area contributed by atoms with Crippen molar-refractivity contribution < 1.29 is 4.79 Å². The lowest BCUT2D eigenvalue weighted by atomic mass is 9.92. The van der Waals surface area contributed by atoms with Crippen molar-refractivity contribution in [3.05, 3.63) is 22.4 Å². The van der Waals surface area contributed by atoms with E-state index in [9.17, 15) is 4.79 Å². The summed E-state index contributed by atoms with van der Waals surface area (Å²) in [6.45, 7) is 3.85. The zero-order valence-corrected chi connectivity index (χ0v) is 13.9. The van der Waals surface area contributed by atoms with E-state index in [-0.39, 0.29) is 6.04 Å². The second kappa shape index (κ2) is 8.54. The number of hydrogen-bond donors (Lipinski definition) is 1. The first-order valence-electron chi connectivity index (χ1n) is 8.22. The van der Waals surface area contributed by atoms with Gasteiger partial charge in [0.05, 0.1) is 0 Å². The monoisotopic (exact) mass is 308 g/mol. The van der Waals surface area contributed by atoms with Crippen LogP contribution >= 0.6 is 11.3 Å². The fourth-order valence-corrected chi connectivity index (χ4v) is 3.78. The minimum atomic E-state index is 0.200. The summed E-state index contributed by atoms with van der Waals surface area (Å²) in [6, 6.07) is 4.50. The third-order valence-corrected chi connectivity index (χ3v) is 5.38. The van der Waals surface area contributed by atoms with Crippen molar-refractivity contribution in [2.45, 2.75) is 57.9 Å². The minimum Gasteiger partial charge on any atom is -0.342 e. The Hall–Kier alpha value is -0.870. The summed E-state index contributed by atoms with van der Waals surface area (Å²) in [5, 5.41) is 2.13. The number of thiophene rings is 1. The van der Waals surface area contributed by atoms with Gasteiger partial charge in [0.2, 0.25) is 5.91 Å². The summed E-state index contributed by atoms with van der Waals surface area (Å²) < 4.78 is 0. The molecule has 21 heavy (non-hydrogen) atoms. The van der Waals surface area contributed by atoms with Crippen LogP contribution < -0.4 is 5.73 Å². The van der Waals surface area contributed by atoms with E-state index in [2.05, 4.69) is 24.4 Å². The van der Waals surface area contributed by atoms with Gasteiger partial charge in [-0.25, -0.2) is 0 Å². The molecule has 2 N–H and O–H groups in total. The largest absolute Gasteiger partial charge is 0.342 e. The molecule has 0 radical (unpaired) electrons. The third-order valence-electron chi connectivity index (χ3n) is 4.45. The van der Waals surface area contributed by atoms with Crippen molar-refractivity contribution >= 4 is 17.2 Å². The Labute approximate surface area is 132 Å². The maximum atomic E-state index is 12.2. The van der Waals surface area contributed by atoms with Crippen LogP contribution in [0.25, 0.3) is 0 Å². The summed E-state index contributed by atoms with van der Waals surface area (Å²) in [7, 11) is 0. The van der Waals surface area contributed by atoms with E-state index in [1.807, 2.05) is 16.2 Å². The van der Waals surface area contributed by atoms with Gasteiger partial charge in [0.15, 0.2) is 0 Å². The first kappa shape index (κ1) is 16.5. The fourth-order valence-electron chi connectivity index (χ4n) is 3.03. The fraction of sp³-hybridized carbons (Fsp3) is 0.706. The number of carbonyl (C=O) groups excluding carboxylic acids is 1. The second-order valence-electron chi connectivity index (χ2n) is 6.24. The molecule has 4 heteroatoms. The predicted octanol–water partition coefficient (Wildman–Crippen LogP) is 3.44. The molecule has 0 aliphatic carbocycles. The van der Waals surface area contributed by atoms with E-state index in [0.717, 1.165) is 38.8 Å². The van der Waals surface area contributed by atoms with Crippen molar-refractivity contribution in [3.63, 3.8) is 0 Å². The molecule has 2 heterocycles. The van der Waals surface area contributed by atoms with Crippen LogP contribution in [0.1, 0.15) is 50.3 Å². The number of aryl methyl sites for hydroxylation is 1. The van der Waals surface area contributed by atoms with E-state index < -0.39 is 0 Å². The molecule has 1 aromatic heterocycles. The van der Waals surface area contributed by atoms with E-state index in [4.69, 9.17) is 5.73 Å². The van der Waals surface area contributed by atoms with Crippen molar-refractivity contribution in [2.24, 2.45) is 11.7 Å². The molecule has 3 nitrogen and oxygen atoms in total. The van der Waals surface area contributed by atoms with Gasteiger partial charge in [-0.15, -0.1) is 11.3 Å². The molecule has 118 valence electrons. The Bertz CT molecular complexity index is 416. The topological polar surface area (TPSA) is 46.3 Å². The van der Waals surface area contributed by atoms with Crippen LogP contribution in [0.2, 0.25) is 0 Å². The van der Waals surface area contributed by atoms with Crippen LogP contribution in [0.3, 0.4) is 0 Å². The van der Waals surface area contributed by atoms with Crippen LogP contribution in [0.15, 0.2) is 17.5 Å². The summed E-state index contributed by atoms with van der Waals surface area (Å²) >= 11 is 1.83. The van der Waals surface area contributed by atoms with E-state index in [0.29, 0.717) is 18.2 Å². The van der Waals surface area contributed by atoms with Gasteiger partial charge in [0.1, 0.15) is 0 Å². The Morgan fingerprint density at radius 1 is 1.48 bits per heavy atom. The predicted molar refractivity (Wildman–Crippen MR) is 89.4 cm³/mol. The lowest BCUT2D eigenvalue weighted by Gasteiger charge is -2.34. The molecular weight excluding hydrogens is 280 g/mol. The Morgan fingerprint density at radius 2 is 2.33 bits per heavy atom. The van der Waals surface area contributed by atoms with Crippen molar-refractivity contribution in [3.8, 4) is 0 Å². The average Bonchev–Trinajstić information content (AvgIpc) is 3.00. The molecule has 2 unspecified atom stereocenters. The number of carbonyl (C=O) groups is 1. The second-order valence-corrected chi connectivity index (χ2v) is 7.27. The molecule has 2 rings (SSSR count). The Balaban J connectivity index is 1.60. The number of piperidine rings is 1. The van der Waals surface area contributed by atoms with Crippen LogP contribution in [-0.4, -0.2) is 29.9 Å². The van der Waals surface area contributed by atoms with Gasteiger partial charge in [-0.2, -0.15) is 0 Å². The number of rotatable bonds is 7. The molecule has 1 saturated heterocycles. The molecule has 0 saturated carbocycles. The van der Waals surface area contributed by atoms with Gasteiger partial charge in [-0.05, 0) is 56.4 Å². The molecule has 2 atom stereocenters. The number of unbranched alkanes of at least 4 members (excludes halogenated alkanes) is 2. The van der Waals surface area contributed by atoms with Crippen LogP contribution in [-0.2, 0) is 11.2 Å². The maximum absolute atomic E-state index is 12.2. The molecule has 1 aliphatic rings. The van der Waals surface area contributed by atoms with Crippen molar-refractivity contribution in [1.29, 1.82) is 0 Å². The van der Waals surface area contributed by atoms with Crippen LogP contribution in [0, 0.1) is 5.92 Å². The molecule has 1 amide bonds. The van der Waals surface area contributed by atoms with E-state index in [1.54, 1.807) is 0 Å².